The predicted molar refractivity (Wildman–Crippen MR) is 71.5 cm³/mol. The molecule has 1 aliphatic rings. The predicted octanol–water partition coefficient (Wildman–Crippen LogP) is 2.92. The van der Waals surface area contributed by atoms with Gasteiger partial charge < -0.3 is 11.1 Å². The average Bonchev–Trinajstić information content (AvgIpc) is 2.50. The first-order valence-corrected chi connectivity index (χ1v) is 7.12. The number of nitrogens with one attached hydrogen (secondary N) is 1. The van der Waals surface area contributed by atoms with Gasteiger partial charge in [0.15, 0.2) is 0 Å². The molecule has 0 radical (unpaired) electrons. The maximum absolute atomic E-state index is 6.15. The molecule has 0 spiro atoms. The summed E-state index contributed by atoms with van der Waals surface area (Å²) in [5.41, 5.74) is 6.15. The summed E-state index contributed by atoms with van der Waals surface area (Å²) in [7, 11) is 0. The molecule has 96 valence electrons. The van der Waals surface area contributed by atoms with E-state index in [1.807, 2.05) is 0 Å². The fourth-order valence-corrected chi connectivity index (χ4v) is 2.50. The quantitative estimate of drug-likeness (QED) is 0.707. The van der Waals surface area contributed by atoms with Crippen molar-refractivity contribution < 1.29 is 0 Å². The molecule has 2 heteroatoms. The third kappa shape index (κ3) is 4.84. The van der Waals surface area contributed by atoms with Crippen LogP contribution >= 0.6 is 0 Å². The van der Waals surface area contributed by atoms with Gasteiger partial charge in [-0.3, -0.25) is 0 Å². The molecule has 3 N–H and O–H groups in total. The zero-order chi connectivity index (χ0) is 12.0. The van der Waals surface area contributed by atoms with Crippen LogP contribution in [0.25, 0.3) is 0 Å². The number of hydrogen-bond acceptors (Lipinski definition) is 2. The molecule has 0 aromatic heterocycles. The van der Waals surface area contributed by atoms with E-state index in [0.717, 1.165) is 18.5 Å². The lowest BCUT2D eigenvalue weighted by atomic mass is 9.99. The first-order chi connectivity index (χ1) is 7.63. The summed E-state index contributed by atoms with van der Waals surface area (Å²) >= 11 is 0. The molecule has 1 rings (SSSR count). The van der Waals surface area contributed by atoms with E-state index in [2.05, 4.69) is 26.1 Å². The Kier molecular flexibility index (Phi) is 6.37. The maximum atomic E-state index is 6.15. The third-order valence-electron chi connectivity index (χ3n) is 4.27. The van der Waals surface area contributed by atoms with Crippen molar-refractivity contribution >= 4 is 0 Å². The Bertz CT molecular complexity index is 182. The lowest BCUT2D eigenvalue weighted by Crippen LogP contribution is -2.42. The second-order valence-electron chi connectivity index (χ2n) is 5.77. The van der Waals surface area contributed by atoms with E-state index in [4.69, 9.17) is 5.73 Å². The molecule has 0 amide bonds. The highest BCUT2D eigenvalue weighted by Crippen LogP contribution is 2.22. The highest BCUT2D eigenvalue weighted by atomic mass is 14.9. The molecule has 0 heterocycles. The summed E-state index contributed by atoms with van der Waals surface area (Å²) in [5, 5.41) is 3.67. The summed E-state index contributed by atoms with van der Waals surface area (Å²) in [6.45, 7) is 7.85. The topological polar surface area (TPSA) is 38.0 Å². The molecule has 1 fully saturated rings. The van der Waals surface area contributed by atoms with Gasteiger partial charge in [-0.25, -0.2) is 0 Å². The van der Waals surface area contributed by atoms with Crippen LogP contribution in [-0.4, -0.2) is 18.6 Å². The minimum Gasteiger partial charge on any atom is -0.326 e. The Morgan fingerprint density at radius 2 is 2.00 bits per heavy atom. The minimum absolute atomic E-state index is 0.325. The number of rotatable bonds is 5. The van der Waals surface area contributed by atoms with E-state index in [1.165, 1.54) is 38.5 Å². The molecule has 2 nitrogen and oxygen atoms in total. The van der Waals surface area contributed by atoms with Gasteiger partial charge in [-0.05, 0) is 31.1 Å². The standard InChI is InChI=1S/C14H30N2/c1-4-12(3)14(15)10-16-13-7-5-6-11(2)8-9-13/h11-14,16H,4-10,15H2,1-3H3. The molecule has 1 saturated carbocycles. The van der Waals surface area contributed by atoms with Crippen LogP contribution in [0.4, 0.5) is 0 Å². The zero-order valence-electron chi connectivity index (χ0n) is 11.3. The van der Waals surface area contributed by atoms with E-state index in [9.17, 15) is 0 Å². The zero-order valence-corrected chi connectivity index (χ0v) is 11.3. The van der Waals surface area contributed by atoms with Gasteiger partial charge in [0, 0.05) is 18.6 Å². The van der Waals surface area contributed by atoms with Crippen LogP contribution in [-0.2, 0) is 0 Å². The van der Waals surface area contributed by atoms with Gasteiger partial charge >= 0.3 is 0 Å². The van der Waals surface area contributed by atoms with Crippen LogP contribution in [0.2, 0.25) is 0 Å². The molecule has 0 aliphatic heterocycles. The Hall–Kier alpha value is -0.0800. The smallest absolute Gasteiger partial charge is 0.0191 e. The second kappa shape index (κ2) is 7.29. The van der Waals surface area contributed by atoms with E-state index in [-0.39, 0.29) is 0 Å². The normalized spacial score (nSPS) is 30.8. The summed E-state index contributed by atoms with van der Waals surface area (Å²) in [6, 6.07) is 1.05. The van der Waals surface area contributed by atoms with Gasteiger partial charge in [-0.1, -0.05) is 40.0 Å². The Balaban J connectivity index is 2.21. The fraction of sp³-hybridized carbons (Fsp3) is 1.00. The third-order valence-corrected chi connectivity index (χ3v) is 4.27. The average molecular weight is 226 g/mol. The van der Waals surface area contributed by atoms with Crippen molar-refractivity contribution in [3.63, 3.8) is 0 Å². The first kappa shape index (κ1) is 14.0. The van der Waals surface area contributed by atoms with Crippen molar-refractivity contribution in [3.8, 4) is 0 Å². The molecule has 1 aliphatic carbocycles. The highest BCUT2D eigenvalue weighted by Gasteiger charge is 2.17. The van der Waals surface area contributed by atoms with Gasteiger partial charge in [0.2, 0.25) is 0 Å². The Labute approximate surface area is 101 Å². The molecule has 0 saturated heterocycles. The summed E-state index contributed by atoms with van der Waals surface area (Å²) in [5.74, 6) is 1.56. The van der Waals surface area contributed by atoms with E-state index < -0.39 is 0 Å². The van der Waals surface area contributed by atoms with Crippen LogP contribution in [0, 0.1) is 11.8 Å². The van der Waals surface area contributed by atoms with Crippen LogP contribution in [0.5, 0.6) is 0 Å². The van der Waals surface area contributed by atoms with Crippen LogP contribution in [0.1, 0.15) is 59.3 Å². The van der Waals surface area contributed by atoms with Crippen molar-refractivity contribution in [2.24, 2.45) is 17.6 Å². The van der Waals surface area contributed by atoms with E-state index >= 15 is 0 Å². The Morgan fingerprint density at radius 1 is 1.25 bits per heavy atom. The molecular formula is C14H30N2. The van der Waals surface area contributed by atoms with Gasteiger partial charge in [-0.15, -0.1) is 0 Å². The molecule has 16 heavy (non-hydrogen) atoms. The molecule has 4 unspecified atom stereocenters. The second-order valence-corrected chi connectivity index (χ2v) is 5.77. The number of nitrogens with two attached hydrogens (primary N) is 1. The lowest BCUT2D eigenvalue weighted by molar-refractivity contribution is 0.374. The van der Waals surface area contributed by atoms with E-state index in [0.29, 0.717) is 12.0 Å². The maximum Gasteiger partial charge on any atom is 0.0191 e. The number of hydrogen-bond donors (Lipinski definition) is 2. The first-order valence-electron chi connectivity index (χ1n) is 7.12. The minimum atomic E-state index is 0.325. The SMILES string of the molecule is CCC(C)C(N)CNC1CCCC(C)CC1. The van der Waals surface area contributed by atoms with Gasteiger partial charge in [0.05, 0.1) is 0 Å². The highest BCUT2D eigenvalue weighted by molar-refractivity contribution is 4.77. The van der Waals surface area contributed by atoms with Crippen LogP contribution in [0.3, 0.4) is 0 Å². The summed E-state index contributed by atoms with van der Waals surface area (Å²) in [4.78, 5) is 0. The summed E-state index contributed by atoms with van der Waals surface area (Å²) in [6.07, 6.45) is 8.06. The monoisotopic (exact) mass is 226 g/mol. The van der Waals surface area contributed by atoms with Gasteiger partial charge in [-0.2, -0.15) is 0 Å². The molecular weight excluding hydrogens is 196 g/mol. The molecule has 0 aromatic rings. The Morgan fingerprint density at radius 3 is 2.69 bits per heavy atom. The van der Waals surface area contributed by atoms with E-state index in [1.54, 1.807) is 0 Å². The van der Waals surface area contributed by atoms with Crippen LogP contribution < -0.4 is 11.1 Å². The largest absolute Gasteiger partial charge is 0.326 e. The van der Waals surface area contributed by atoms with Crippen molar-refractivity contribution in [2.75, 3.05) is 6.54 Å². The molecule has 0 aromatic carbocycles. The fourth-order valence-electron chi connectivity index (χ4n) is 2.50. The van der Waals surface area contributed by atoms with Crippen molar-refractivity contribution in [1.82, 2.24) is 5.32 Å². The van der Waals surface area contributed by atoms with Gasteiger partial charge in [0.1, 0.15) is 0 Å². The van der Waals surface area contributed by atoms with Gasteiger partial charge in [0.25, 0.3) is 0 Å². The summed E-state index contributed by atoms with van der Waals surface area (Å²) < 4.78 is 0. The van der Waals surface area contributed by atoms with Crippen molar-refractivity contribution in [2.45, 2.75) is 71.4 Å². The molecule has 0 bridgehead atoms. The lowest BCUT2D eigenvalue weighted by Gasteiger charge is -2.23. The molecule has 4 atom stereocenters. The van der Waals surface area contributed by atoms with Crippen LogP contribution in [0.15, 0.2) is 0 Å². The van der Waals surface area contributed by atoms with Crippen molar-refractivity contribution in [1.29, 1.82) is 0 Å². The van der Waals surface area contributed by atoms with Crippen molar-refractivity contribution in [3.05, 3.63) is 0 Å².